The highest BCUT2D eigenvalue weighted by Crippen LogP contribution is 2.33. The zero-order chi connectivity index (χ0) is 17.2. The molecule has 0 aliphatic heterocycles. The predicted octanol–water partition coefficient (Wildman–Crippen LogP) is 4.31. The van der Waals surface area contributed by atoms with Crippen molar-refractivity contribution < 1.29 is 8.42 Å². The molecule has 24 heavy (non-hydrogen) atoms. The van der Waals surface area contributed by atoms with Gasteiger partial charge >= 0.3 is 0 Å². The van der Waals surface area contributed by atoms with Gasteiger partial charge in [0.25, 0.3) is 10.0 Å². The Morgan fingerprint density at radius 3 is 2.38 bits per heavy atom. The van der Waals surface area contributed by atoms with E-state index in [1.165, 1.54) is 37.7 Å². The second kappa shape index (κ2) is 6.97. The van der Waals surface area contributed by atoms with E-state index in [1.54, 1.807) is 29.1 Å². The third-order valence-corrected chi connectivity index (χ3v) is 6.04. The molecule has 1 N–H and O–H groups in total. The molecule has 1 aromatic carbocycles. The van der Waals surface area contributed by atoms with Crippen LogP contribution in [0.4, 0.5) is 5.82 Å². The fraction of sp³-hybridized carbons (Fsp3) is 0.500. The Labute approximate surface area is 144 Å². The Bertz CT molecular complexity index is 773. The number of hydrogen-bond acceptors (Lipinski definition) is 3. The van der Waals surface area contributed by atoms with Crippen molar-refractivity contribution in [3.63, 3.8) is 0 Å². The molecule has 0 atom stereocenters. The van der Waals surface area contributed by atoms with Gasteiger partial charge in [-0.3, -0.25) is 4.72 Å². The Hall–Kier alpha value is -1.82. The first-order valence-electron chi connectivity index (χ1n) is 8.63. The smallest absolute Gasteiger partial charge is 0.263 e. The monoisotopic (exact) mass is 347 g/mol. The van der Waals surface area contributed by atoms with Crippen molar-refractivity contribution >= 4 is 15.8 Å². The van der Waals surface area contributed by atoms with Crippen molar-refractivity contribution in [2.45, 2.75) is 62.8 Å². The summed E-state index contributed by atoms with van der Waals surface area (Å²) in [6.45, 7) is 3.92. The zero-order valence-corrected chi connectivity index (χ0v) is 15.1. The molecule has 0 bridgehead atoms. The number of hydrogen-bond donors (Lipinski definition) is 1. The molecule has 1 saturated carbocycles. The normalized spacial score (nSPS) is 16.5. The van der Waals surface area contributed by atoms with E-state index < -0.39 is 10.0 Å². The van der Waals surface area contributed by atoms with Gasteiger partial charge in [-0.05, 0) is 50.3 Å². The number of nitrogens with one attached hydrogen (secondary N) is 1. The Balaban J connectivity index is 1.78. The summed E-state index contributed by atoms with van der Waals surface area (Å²) < 4.78 is 29.5. The largest absolute Gasteiger partial charge is 0.264 e. The maximum Gasteiger partial charge on any atom is 0.263 e. The third kappa shape index (κ3) is 3.64. The zero-order valence-electron chi connectivity index (χ0n) is 14.3. The molecule has 0 unspecified atom stereocenters. The molecule has 1 aliphatic carbocycles. The molecule has 1 fully saturated rings. The lowest BCUT2D eigenvalue weighted by molar-refractivity contribution is 0.443. The quantitative estimate of drug-likeness (QED) is 0.876. The highest BCUT2D eigenvalue weighted by atomic mass is 32.2. The molecule has 1 aromatic heterocycles. The van der Waals surface area contributed by atoms with Gasteiger partial charge in [-0.2, -0.15) is 5.10 Å². The summed E-state index contributed by atoms with van der Waals surface area (Å²) in [4.78, 5) is 0.290. The highest BCUT2D eigenvalue weighted by Gasteiger charge is 2.19. The summed E-state index contributed by atoms with van der Waals surface area (Å²) in [5.41, 5.74) is 1.25. The average Bonchev–Trinajstić information content (AvgIpc) is 3.03. The van der Waals surface area contributed by atoms with Crippen LogP contribution in [0.1, 0.15) is 63.5 Å². The SMILES string of the molecule is CC(C)n1nccc1NS(=O)(=O)c1ccc(C2CCCCC2)cc1. The van der Waals surface area contributed by atoms with E-state index in [9.17, 15) is 8.42 Å². The van der Waals surface area contributed by atoms with Crippen molar-refractivity contribution in [3.8, 4) is 0 Å². The number of aromatic nitrogens is 2. The van der Waals surface area contributed by atoms with Gasteiger partial charge in [0.05, 0.1) is 11.1 Å². The lowest BCUT2D eigenvalue weighted by Gasteiger charge is -2.22. The third-order valence-electron chi connectivity index (χ3n) is 4.67. The van der Waals surface area contributed by atoms with Gasteiger partial charge in [0.1, 0.15) is 5.82 Å². The molecule has 0 saturated heterocycles. The molecule has 1 aliphatic rings. The van der Waals surface area contributed by atoms with Gasteiger partial charge in [-0.25, -0.2) is 13.1 Å². The lowest BCUT2D eigenvalue weighted by Crippen LogP contribution is -2.17. The van der Waals surface area contributed by atoms with E-state index in [-0.39, 0.29) is 6.04 Å². The van der Waals surface area contributed by atoms with Gasteiger partial charge in [-0.1, -0.05) is 31.4 Å². The topological polar surface area (TPSA) is 64.0 Å². The minimum atomic E-state index is -3.60. The van der Waals surface area contributed by atoms with Crippen LogP contribution in [0.25, 0.3) is 0 Å². The summed E-state index contributed by atoms with van der Waals surface area (Å²) in [5, 5.41) is 4.16. The first-order valence-corrected chi connectivity index (χ1v) is 10.1. The van der Waals surface area contributed by atoms with Crippen molar-refractivity contribution in [1.82, 2.24) is 9.78 Å². The van der Waals surface area contributed by atoms with E-state index in [1.807, 2.05) is 26.0 Å². The number of sulfonamides is 1. The number of benzene rings is 1. The van der Waals surface area contributed by atoms with E-state index in [2.05, 4.69) is 9.82 Å². The predicted molar refractivity (Wildman–Crippen MR) is 95.7 cm³/mol. The number of rotatable bonds is 5. The van der Waals surface area contributed by atoms with Gasteiger partial charge in [-0.15, -0.1) is 0 Å². The molecule has 1 heterocycles. The van der Waals surface area contributed by atoms with Crippen LogP contribution in [0, 0.1) is 0 Å². The summed E-state index contributed by atoms with van der Waals surface area (Å²) in [5.74, 6) is 1.06. The van der Waals surface area contributed by atoms with Crippen LogP contribution in [0.2, 0.25) is 0 Å². The van der Waals surface area contributed by atoms with Gasteiger partial charge < -0.3 is 0 Å². The molecule has 0 spiro atoms. The molecular formula is C18H25N3O2S. The maximum absolute atomic E-state index is 12.6. The summed E-state index contributed by atoms with van der Waals surface area (Å²) >= 11 is 0. The van der Waals surface area contributed by atoms with Crippen molar-refractivity contribution in [1.29, 1.82) is 0 Å². The molecule has 6 heteroatoms. The molecule has 2 aromatic rings. The average molecular weight is 347 g/mol. The van der Waals surface area contributed by atoms with Crippen LogP contribution >= 0.6 is 0 Å². The molecule has 5 nitrogen and oxygen atoms in total. The summed E-state index contributed by atoms with van der Waals surface area (Å²) in [6.07, 6.45) is 7.87. The maximum atomic E-state index is 12.6. The second-order valence-electron chi connectivity index (χ2n) is 6.76. The van der Waals surface area contributed by atoms with Crippen molar-refractivity contribution in [3.05, 3.63) is 42.1 Å². The fourth-order valence-electron chi connectivity index (χ4n) is 3.36. The molecular weight excluding hydrogens is 322 g/mol. The molecule has 0 radical (unpaired) electrons. The number of anilines is 1. The van der Waals surface area contributed by atoms with Gasteiger partial charge in [0.2, 0.25) is 0 Å². The minimum absolute atomic E-state index is 0.0892. The first-order chi connectivity index (χ1) is 11.5. The second-order valence-corrected chi connectivity index (χ2v) is 8.45. The van der Waals surface area contributed by atoms with E-state index in [4.69, 9.17) is 0 Å². The van der Waals surface area contributed by atoms with Crippen LogP contribution < -0.4 is 4.72 Å². The lowest BCUT2D eigenvalue weighted by atomic mass is 9.84. The van der Waals surface area contributed by atoms with E-state index in [0.29, 0.717) is 16.6 Å². The minimum Gasteiger partial charge on any atom is -0.264 e. The van der Waals surface area contributed by atoms with Crippen LogP contribution in [0.3, 0.4) is 0 Å². The van der Waals surface area contributed by atoms with Crippen LogP contribution in [-0.2, 0) is 10.0 Å². The number of nitrogens with zero attached hydrogens (tertiary/aromatic N) is 2. The Morgan fingerprint density at radius 1 is 1.08 bits per heavy atom. The fourth-order valence-corrected chi connectivity index (χ4v) is 4.41. The van der Waals surface area contributed by atoms with Crippen molar-refractivity contribution in [2.75, 3.05) is 4.72 Å². The van der Waals surface area contributed by atoms with Crippen LogP contribution in [0.5, 0.6) is 0 Å². The molecule has 130 valence electrons. The Kier molecular flexibility index (Phi) is 4.94. The van der Waals surface area contributed by atoms with Crippen LogP contribution in [-0.4, -0.2) is 18.2 Å². The van der Waals surface area contributed by atoms with Crippen molar-refractivity contribution in [2.24, 2.45) is 0 Å². The van der Waals surface area contributed by atoms with Crippen LogP contribution in [0.15, 0.2) is 41.4 Å². The summed E-state index contributed by atoms with van der Waals surface area (Å²) in [7, 11) is -3.60. The highest BCUT2D eigenvalue weighted by molar-refractivity contribution is 7.92. The molecule has 0 amide bonds. The Morgan fingerprint density at radius 2 is 1.75 bits per heavy atom. The summed E-state index contributed by atoms with van der Waals surface area (Å²) in [6, 6.07) is 9.11. The van der Waals surface area contributed by atoms with Gasteiger partial charge in [0.15, 0.2) is 0 Å². The van der Waals surface area contributed by atoms with Gasteiger partial charge in [0, 0.05) is 12.1 Å². The molecule has 3 rings (SSSR count). The standard InChI is InChI=1S/C18H25N3O2S/c1-14(2)21-18(12-13-19-21)20-24(22,23)17-10-8-16(9-11-17)15-6-4-3-5-7-15/h8-15,20H,3-7H2,1-2H3. The van der Waals surface area contributed by atoms with E-state index in [0.717, 1.165) is 0 Å². The van der Waals surface area contributed by atoms with E-state index >= 15 is 0 Å². The first kappa shape index (κ1) is 17.0.